The molecule has 3 aromatic rings. The third-order valence-electron chi connectivity index (χ3n) is 7.66. The van der Waals surface area contributed by atoms with E-state index < -0.39 is 8.07 Å². The highest BCUT2D eigenvalue weighted by Gasteiger charge is 2.21. The zero-order valence-electron chi connectivity index (χ0n) is 27.0. The van der Waals surface area contributed by atoms with Gasteiger partial charge in [-0.25, -0.2) is 4.98 Å². The van der Waals surface area contributed by atoms with Gasteiger partial charge in [-0.05, 0) is 75.1 Å². The first-order chi connectivity index (χ1) is 20.6. The van der Waals surface area contributed by atoms with Crippen LogP contribution in [-0.4, -0.2) is 84.6 Å². The Balaban J connectivity index is 1.57. The topological polar surface area (TPSA) is 103 Å². The highest BCUT2D eigenvalue weighted by atomic mass is 32.1. The van der Waals surface area contributed by atoms with Gasteiger partial charge in [-0.1, -0.05) is 58.2 Å². The molecule has 9 nitrogen and oxygen atoms in total. The molecule has 4 heterocycles. The van der Waals surface area contributed by atoms with Crippen molar-refractivity contribution in [2.45, 2.75) is 90.4 Å². The van der Waals surface area contributed by atoms with Crippen LogP contribution in [0, 0.1) is 5.41 Å². The van der Waals surface area contributed by atoms with Crippen LogP contribution in [0.5, 0.6) is 0 Å². The molecule has 11 heteroatoms. The van der Waals surface area contributed by atoms with Crippen molar-refractivity contribution in [3.8, 4) is 0 Å². The molecule has 4 rings (SSSR count). The SMILES string of the molecule is CCCC(=N)C(C=NCCCN1CCCC1)c1cnc2ccc(N(COCC[Si](C)(C)C)c3nnc(C(C)C)s3)nc2c1. The molecule has 1 unspecified atom stereocenters. The minimum absolute atomic E-state index is 0.202. The molecule has 1 fully saturated rings. The first-order valence-corrected chi connectivity index (χ1v) is 20.4. The number of anilines is 2. The molecule has 0 bridgehead atoms. The molecule has 3 aromatic heterocycles. The van der Waals surface area contributed by atoms with Gasteiger partial charge in [-0.2, -0.15) is 0 Å². The Morgan fingerprint density at radius 1 is 1.19 bits per heavy atom. The zero-order valence-corrected chi connectivity index (χ0v) is 28.8. The highest BCUT2D eigenvalue weighted by Crippen LogP contribution is 2.31. The number of fused-ring (bicyclic) bond motifs is 1. The quantitative estimate of drug-likeness (QED) is 0.0719. The Labute approximate surface area is 262 Å². The minimum Gasteiger partial charge on any atom is -0.361 e. The van der Waals surface area contributed by atoms with Crippen LogP contribution in [0.3, 0.4) is 0 Å². The van der Waals surface area contributed by atoms with Crippen LogP contribution in [0.15, 0.2) is 29.4 Å². The molecule has 43 heavy (non-hydrogen) atoms. The second-order valence-corrected chi connectivity index (χ2v) is 19.6. The van der Waals surface area contributed by atoms with Gasteiger partial charge in [0.2, 0.25) is 5.13 Å². The summed E-state index contributed by atoms with van der Waals surface area (Å²) in [5, 5.41) is 19.5. The van der Waals surface area contributed by atoms with Gasteiger partial charge >= 0.3 is 0 Å². The third-order valence-corrected chi connectivity index (χ3v) is 10.6. The number of hydrogen-bond acceptors (Lipinski definition) is 10. The van der Waals surface area contributed by atoms with Crippen molar-refractivity contribution in [3.63, 3.8) is 0 Å². The van der Waals surface area contributed by atoms with E-state index in [0.717, 1.165) is 70.9 Å². The van der Waals surface area contributed by atoms with Crippen LogP contribution in [-0.2, 0) is 4.74 Å². The fourth-order valence-corrected chi connectivity index (χ4v) is 6.63. The van der Waals surface area contributed by atoms with E-state index in [9.17, 15) is 0 Å². The van der Waals surface area contributed by atoms with Crippen molar-refractivity contribution in [2.24, 2.45) is 4.99 Å². The smallest absolute Gasteiger partial charge is 0.215 e. The van der Waals surface area contributed by atoms with E-state index in [1.807, 2.05) is 29.4 Å². The van der Waals surface area contributed by atoms with Gasteiger partial charge in [0.1, 0.15) is 17.6 Å². The number of ether oxygens (including phenoxy) is 1. The van der Waals surface area contributed by atoms with E-state index in [0.29, 0.717) is 25.0 Å². The number of pyridine rings is 2. The molecule has 0 aromatic carbocycles. The molecular weight excluding hydrogens is 573 g/mol. The van der Waals surface area contributed by atoms with E-state index in [1.165, 1.54) is 25.9 Å². The van der Waals surface area contributed by atoms with Gasteiger partial charge in [0.15, 0.2) is 0 Å². The molecule has 1 saturated heterocycles. The number of hydrogen-bond donors (Lipinski definition) is 1. The standard InChI is InChI=1S/C32H50N8OSSi/c1-7-11-27(33)26(22-34-14-10-17-39-15-8-9-16-39)25-20-29-28(35-21-25)12-13-30(36-29)40(23-41-18-19-43(4,5)6)32-38-37-31(42-32)24(2)3/h12-13,20-22,24,26,33H,7-11,14-19,23H2,1-6H3. The maximum atomic E-state index is 8.82. The van der Waals surface area contributed by atoms with Gasteiger partial charge in [0.25, 0.3) is 0 Å². The Kier molecular flexibility index (Phi) is 12.3. The lowest BCUT2D eigenvalue weighted by Crippen LogP contribution is -2.26. The lowest BCUT2D eigenvalue weighted by molar-refractivity contribution is 0.153. The second-order valence-electron chi connectivity index (χ2n) is 13.0. The number of aromatic nitrogens is 4. The van der Waals surface area contributed by atoms with Gasteiger partial charge in [-0.3, -0.25) is 14.9 Å². The van der Waals surface area contributed by atoms with Crippen LogP contribution in [0.4, 0.5) is 10.9 Å². The number of likely N-dealkylation sites (tertiary alicyclic amines) is 1. The summed E-state index contributed by atoms with van der Waals surface area (Å²) in [4.78, 5) is 19.1. The molecule has 1 N–H and O–H groups in total. The lowest BCUT2D eigenvalue weighted by Gasteiger charge is -2.22. The second kappa shape index (κ2) is 15.9. The van der Waals surface area contributed by atoms with E-state index in [-0.39, 0.29) is 5.92 Å². The molecule has 1 atom stereocenters. The van der Waals surface area contributed by atoms with Gasteiger partial charge < -0.3 is 15.0 Å². The van der Waals surface area contributed by atoms with E-state index in [4.69, 9.17) is 25.1 Å². The summed E-state index contributed by atoms with van der Waals surface area (Å²) in [6, 6.07) is 7.14. The summed E-state index contributed by atoms with van der Waals surface area (Å²) >= 11 is 1.58. The summed E-state index contributed by atoms with van der Waals surface area (Å²) in [7, 11) is -1.21. The predicted molar refractivity (Wildman–Crippen MR) is 184 cm³/mol. The largest absolute Gasteiger partial charge is 0.361 e. The molecule has 0 spiro atoms. The van der Waals surface area contributed by atoms with Crippen molar-refractivity contribution >= 4 is 53.3 Å². The fourth-order valence-electron chi connectivity index (χ4n) is 5.03. The minimum atomic E-state index is -1.21. The number of rotatable bonds is 17. The van der Waals surface area contributed by atoms with Gasteiger partial charge in [0, 0.05) is 45.3 Å². The van der Waals surface area contributed by atoms with Gasteiger partial charge in [-0.15, -0.1) is 10.2 Å². The average molecular weight is 623 g/mol. The Morgan fingerprint density at radius 3 is 2.67 bits per heavy atom. The number of aliphatic imine (C=N–C) groups is 1. The Bertz CT molecular complexity index is 1350. The van der Waals surface area contributed by atoms with Crippen molar-refractivity contribution in [2.75, 3.05) is 44.4 Å². The summed E-state index contributed by atoms with van der Waals surface area (Å²) in [5.41, 5.74) is 3.22. The fraction of sp³-hybridized carbons (Fsp3) is 0.625. The summed E-state index contributed by atoms with van der Waals surface area (Å²) < 4.78 is 6.17. The molecule has 1 aliphatic rings. The van der Waals surface area contributed by atoms with Crippen molar-refractivity contribution in [1.29, 1.82) is 5.41 Å². The molecule has 234 valence electrons. The van der Waals surface area contributed by atoms with Crippen LogP contribution in [0.1, 0.15) is 75.3 Å². The number of nitrogens with zero attached hydrogens (tertiary/aromatic N) is 7. The molecule has 0 saturated carbocycles. The van der Waals surface area contributed by atoms with Crippen molar-refractivity contribution < 1.29 is 4.74 Å². The van der Waals surface area contributed by atoms with Crippen molar-refractivity contribution in [3.05, 3.63) is 35.0 Å². The predicted octanol–water partition coefficient (Wildman–Crippen LogP) is 7.52. The van der Waals surface area contributed by atoms with Crippen LogP contribution < -0.4 is 4.90 Å². The number of nitrogens with one attached hydrogen (secondary N) is 1. The van der Waals surface area contributed by atoms with Crippen LogP contribution in [0.2, 0.25) is 25.7 Å². The Morgan fingerprint density at radius 2 is 1.98 bits per heavy atom. The summed E-state index contributed by atoms with van der Waals surface area (Å²) in [5.74, 6) is 0.850. The monoisotopic (exact) mass is 622 g/mol. The van der Waals surface area contributed by atoms with E-state index in [2.05, 4.69) is 61.6 Å². The van der Waals surface area contributed by atoms with Crippen molar-refractivity contribution in [1.82, 2.24) is 25.1 Å². The lowest BCUT2D eigenvalue weighted by atomic mass is 9.93. The normalized spacial score (nSPS) is 15.2. The molecule has 0 amide bonds. The third kappa shape index (κ3) is 9.95. The first kappa shape index (κ1) is 33.3. The molecule has 0 aliphatic carbocycles. The van der Waals surface area contributed by atoms with Crippen LogP contribution >= 0.6 is 11.3 Å². The molecular formula is C32H50N8OSSi. The average Bonchev–Trinajstić information content (AvgIpc) is 3.67. The maximum Gasteiger partial charge on any atom is 0.215 e. The zero-order chi connectivity index (χ0) is 30.8. The molecule has 0 radical (unpaired) electrons. The van der Waals surface area contributed by atoms with E-state index >= 15 is 0 Å². The Hall–Kier alpha value is -2.60. The maximum absolute atomic E-state index is 8.82. The summed E-state index contributed by atoms with van der Waals surface area (Å²) in [6.07, 6.45) is 9.17. The van der Waals surface area contributed by atoms with Gasteiger partial charge in [0.05, 0.1) is 17.0 Å². The summed E-state index contributed by atoms with van der Waals surface area (Å²) in [6.45, 7) is 18.8. The highest BCUT2D eigenvalue weighted by molar-refractivity contribution is 7.15. The van der Waals surface area contributed by atoms with E-state index in [1.54, 1.807) is 11.3 Å². The molecule has 1 aliphatic heterocycles. The van der Waals surface area contributed by atoms with Crippen LogP contribution in [0.25, 0.3) is 11.0 Å². The first-order valence-electron chi connectivity index (χ1n) is 15.9.